The number of carbonyl (C=O) groups is 2. The lowest BCUT2D eigenvalue weighted by Crippen LogP contribution is -2.29. The van der Waals surface area contributed by atoms with E-state index in [-0.39, 0.29) is 23.7 Å². The van der Waals surface area contributed by atoms with Crippen LogP contribution in [0.1, 0.15) is 17.5 Å². The highest BCUT2D eigenvalue weighted by Gasteiger charge is 2.41. The molecule has 0 spiro atoms. The van der Waals surface area contributed by atoms with Crippen LogP contribution in [0.15, 0.2) is 42.5 Å². The Hall–Kier alpha value is -2.54. The van der Waals surface area contributed by atoms with Crippen molar-refractivity contribution in [3.8, 4) is 0 Å². The van der Waals surface area contributed by atoms with Gasteiger partial charge in [0.2, 0.25) is 11.8 Å². The van der Waals surface area contributed by atoms with Gasteiger partial charge in [-0.15, -0.1) is 0 Å². The van der Waals surface area contributed by atoms with Crippen LogP contribution in [0.2, 0.25) is 5.02 Å². The first kappa shape index (κ1) is 19.2. The second-order valence-electron chi connectivity index (χ2n) is 6.42. The highest BCUT2D eigenvalue weighted by molar-refractivity contribution is 6.30. The van der Waals surface area contributed by atoms with E-state index in [9.17, 15) is 22.8 Å². The summed E-state index contributed by atoms with van der Waals surface area (Å²) >= 11 is 5.68. The number of halogens is 4. The molecular formula is C19H16ClF3N2O2. The van der Waals surface area contributed by atoms with Gasteiger partial charge in [0.05, 0.1) is 17.2 Å². The molecule has 142 valence electrons. The van der Waals surface area contributed by atoms with E-state index in [0.29, 0.717) is 5.69 Å². The third-order valence-corrected chi connectivity index (χ3v) is 4.57. The molecule has 1 N–H and O–H groups in total. The molecule has 27 heavy (non-hydrogen) atoms. The van der Waals surface area contributed by atoms with Gasteiger partial charge in [-0.2, -0.15) is 13.2 Å². The van der Waals surface area contributed by atoms with Crippen molar-refractivity contribution < 1.29 is 22.8 Å². The molecule has 0 saturated carbocycles. The van der Waals surface area contributed by atoms with Gasteiger partial charge in [-0.25, -0.2) is 0 Å². The summed E-state index contributed by atoms with van der Waals surface area (Å²) in [4.78, 5) is 25.8. The van der Waals surface area contributed by atoms with Crippen molar-refractivity contribution in [3.05, 3.63) is 58.6 Å². The number of alkyl halides is 3. The van der Waals surface area contributed by atoms with E-state index in [1.165, 1.54) is 6.07 Å². The third kappa shape index (κ3) is 4.24. The largest absolute Gasteiger partial charge is 0.418 e. The van der Waals surface area contributed by atoms with Gasteiger partial charge in [-0.05, 0) is 42.8 Å². The highest BCUT2D eigenvalue weighted by atomic mass is 35.5. The molecule has 1 fully saturated rings. The molecule has 1 saturated heterocycles. The average molecular weight is 397 g/mol. The maximum Gasteiger partial charge on any atom is 0.418 e. The average Bonchev–Trinajstić information content (AvgIpc) is 2.96. The monoisotopic (exact) mass is 396 g/mol. The molecule has 0 aromatic heterocycles. The molecular weight excluding hydrogens is 381 g/mol. The van der Waals surface area contributed by atoms with Gasteiger partial charge in [0.25, 0.3) is 0 Å². The zero-order chi connectivity index (χ0) is 19.8. The Morgan fingerprint density at radius 3 is 2.63 bits per heavy atom. The maximum absolute atomic E-state index is 13.3. The van der Waals surface area contributed by atoms with E-state index in [1.54, 1.807) is 18.2 Å². The second-order valence-corrected chi connectivity index (χ2v) is 6.86. The van der Waals surface area contributed by atoms with Crippen LogP contribution in [-0.2, 0) is 15.8 Å². The zero-order valence-electron chi connectivity index (χ0n) is 14.3. The molecule has 1 unspecified atom stereocenters. The van der Waals surface area contributed by atoms with Crippen LogP contribution in [0.5, 0.6) is 0 Å². The SMILES string of the molecule is Cc1cccc(NC(=O)C2CC(=O)N(c3ccc(Cl)cc3C(F)(F)F)C2)c1. The zero-order valence-corrected chi connectivity index (χ0v) is 15.1. The van der Waals surface area contributed by atoms with Crippen molar-refractivity contribution in [2.75, 3.05) is 16.8 Å². The Bertz CT molecular complexity index is 899. The minimum Gasteiger partial charge on any atom is -0.326 e. The smallest absolute Gasteiger partial charge is 0.326 e. The number of carbonyl (C=O) groups excluding carboxylic acids is 2. The van der Waals surface area contributed by atoms with E-state index in [2.05, 4.69) is 5.32 Å². The van der Waals surface area contributed by atoms with Crippen LogP contribution in [-0.4, -0.2) is 18.4 Å². The molecule has 1 atom stereocenters. The maximum atomic E-state index is 13.3. The quantitative estimate of drug-likeness (QED) is 0.820. The molecule has 0 radical (unpaired) electrons. The van der Waals surface area contributed by atoms with Crippen LogP contribution in [0.4, 0.5) is 24.5 Å². The molecule has 8 heteroatoms. The first-order valence-electron chi connectivity index (χ1n) is 8.20. The minimum absolute atomic E-state index is 0.0774. The lowest BCUT2D eigenvalue weighted by Gasteiger charge is -2.22. The Morgan fingerprint density at radius 1 is 1.22 bits per heavy atom. The van der Waals surface area contributed by atoms with Crippen LogP contribution in [0.25, 0.3) is 0 Å². The summed E-state index contributed by atoms with van der Waals surface area (Å²) in [5, 5.41) is 2.63. The number of nitrogens with one attached hydrogen (secondary N) is 1. The molecule has 1 aliphatic rings. The fourth-order valence-corrected chi connectivity index (χ4v) is 3.23. The van der Waals surface area contributed by atoms with Gasteiger partial charge in [0, 0.05) is 23.7 Å². The van der Waals surface area contributed by atoms with Crippen LogP contribution in [0, 0.1) is 12.8 Å². The summed E-state index contributed by atoms with van der Waals surface area (Å²) in [6.07, 6.45) is -4.82. The standard InChI is InChI=1S/C19H16ClF3N2O2/c1-11-3-2-4-14(7-11)24-18(27)12-8-17(26)25(10-12)16-6-5-13(20)9-15(16)19(21,22)23/h2-7,9,12H,8,10H2,1H3,(H,24,27). The lowest BCUT2D eigenvalue weighted by molar-refractivity contribution is -0.137. The number of benzene rings is 2. The molecule has 1 aliphatic heterocycles. The Morgan fingerprint density at radius 2 is 1.96 bits per heavy atom. The van der Waals surface area contributed by atoms with E-state index in [4.69, 9.17) is 11.6 Å². The van der Waals surface area contributed by atoms with Gasteiger partial charge in [0.15, 0.2) is 0 Å². The minimum atomic E-state index is -4.66. The summed E-state index contributed by atoms with van der Waals surface area (Å²) in [5.74, 6) is -1.68. The predicted octanol–water partition coefficient (Wildman–Crippen LogP) is 4.66. The van der Waals surface area contributed by atoms with Crippen molar-refractivity contribution in [3.63, 3.8) is 0 Å². The topological polar surface area (TPSA) is 49.4 Å². The van der Waals surface area contributed by atoms with Gasteiger partial charge < -0.3 is 10.2 Å². The lowest BCUT2D eigenvalue weighted by atomic mass is 10.1. The molecule has 3 rings (SSSR count). The number of rotatable bonds is 3. The first-order chi connectivity index (χ1) is 12.6. The number of aryl methyl sites for hydroxylation is 1. The molecule has 1 heterocycles. The predicted molar refractivity (Wildman–Crippen MR) is 96.7 cm³/mol. The summed E-state index contributed by atoms with van der Waals surface area (Å²) in [6.45, 7) is 1.75. The molecule has 0 bridgehead atoms. The fraction of sp³-hybridized carbons (Fsp3) is 0.263. The van der Waals surface area contributed by atoms with E-state index < -0.39 is 29.5 Å². The van der Waals surface area contributed by atoms with Crippen molar-refractivity contribution in [2.24, 2.45) is 5.92 Å². The summed E-state index contributed by atoms with van der Waals surface area (Å²) in [7, 11) is 0. The van der Waals surface area contributed by atoms with Gasteiger partial charge in [-0.1, -0.05) is 23.7 Å². The molecule has 2 amide bonds. The summed E-state index contributed by atoms with van der Waals surface area (Å²) in [6, 6.07) is 10.4. The number of nitrogens with zero attached hydrogens (tertiary/aromatic N) is 1. The second kappa shape index (κ2) is 7.23. The molecule has 0 aliphatic carbocycles. The van der Waals surface area contributed by atoms with Crippen molar-refractivity contribution in [1.82, 2.24) is 0 Å². The Balaban J connectivity index is 1.81. The van der Waals surface area contributed by atoms with E-state index in [1.807, 2.05) is 13.0 Å². The first-order valence-corrected chi connectivity index (χ1v) is 8.57. The number of amides is 2. The van der Waals surface area contributed by atoms with Crippen molar-refractivity contribution >= 4 is 34.8 Å². The van der Waals surface area contributed by atoms with Crippen LogP contribution < -0.4 is 10.2 Å². The Labute approximate surface area is 158 Å². The van der Waals surface area contributed by atoms with Crippen LogP contribution >= 0.6 is 11.6 Å². The van der Waals surface area contributed by atoms with Crippen LogP contribution in [0.3, 0.4) is 0 Å². The van der Waals surface area contributed by atoms with E-state index >= 15 is 0 Å². The van der Waals surface area contributed by atoms with Gasteiger partial charge >= 0.3 is 6.18 Å². The normalized spacial score (nSPS) is 17.3. The van der Waals surface area contributed by atoms with Gasteiger partial charge in [0.1, 0.15) is 0 Å². The summed E-state index contributed by atoms with van der Waals surface area (Å²) in [5.41, 5.74) is 0.243. The third-order valence-electron chi connectivity index (χ3n) is 4.34. The molecule has 2 aromatic carbocycles. The number of hydrogen-bond donors (Lipinski definition) is 1. The molecule has 2 aromatic rings. The van der Waals surface area contributed by atoms with Crippen molar-refractivity contribution in [1.29, 1.82) is 0 Å². The van der Waals surface area contributed by atoms with Crippen molar-refractivity contribution in [2.45, 2.75) is 19.5 Å². The van der Waals surface area contributed by atoms with E-state index in [0.717, 1.165) is 22.6 Å². The number of anilines is 2. The number of hydrogen-bond acceptors (Lipinski definition) is 2. The highest BCUT2D eigenvalue weighted by Crippen LogP contribution is 2.40. The Kier molecular flexibility index (Phi) is 5.15. The fourth-order valence-electron chi connectivity index (χ4n) is 3.05. The van der Waals surface area contributed by atoms with Gasteiger partial charge in [-0.3, -0.25) is 9.59 Å². The molecule has 4 nitrogen and oxygen atoms in total. The summed E-state index contributed by atoms with van der Waals surface area (Å²) < 4.78 is 39.9.